The van der Waals surface area contributed by atoms with Crippen molar-refractivity contribution >= 4 is 6.09 Å². The molecule has 0 bridgehead atoms. The van der Waals surface area contributed by atoms with Crippen LogP contribution in [0.3, 0.4) is 0 Å². The second-order valence-electron chi connectivity index (χ2n) is 2.87. The van der Waals surface area contributed by atoms with Crippen molar-refractivity contribution in [2.45, 2.75) is 6.92 Å². The number of nitrogens with zero attached hydrogens (tertiary/aromatic N) is 2. The number of carbonyl (C=O) groups is 1. The molecule has 7 heteroatoms. The maximum absolute atomic E-state index is 11.3. The topological polar surface area (TPSA) is 90.1 Å². The smallest absolute Gasteiger partial charge is 0.447 e. The summed E-state index contributed by atoms with van der Waals surface area (Å²) in [6.45, 7) is 1.80. The fraction of sp³-hybridized carbons (Fsp3) is 0.222. The molecule has 0 saturated carbocycles. The van der Waals surface area contributed by atoms with Crippen molar-refractivity contribution in [2.24, 2.45) is 0 Å². The van der Waals surface area contributed by atoms with Gasteiger partial charge in [-0.25, -0.2) is 9.59 Å². The minimum absolute atomic E-state index is 0.0445. The first kappa shape index (κ1) is 10.2. The lowest BCUT2D eigenvalue weighted by molar-refractivity contribution is 0.148. The van der Waals surface area contributed by atoms with Gasteiger partial charge >= 0.3 is 11.8 Å². The Bertz CT molecular complexity index is 537. The van der Waals surface area contributed by atoms with Gasteiger partial charge in [0, 0.05) is 6.20 Å². The summed E-state index contributed by atoms with van der Waals surface area (Å²) in [5.41, 5.74) is 0.514. The molecule has 0 aliphatic heterocycles. The van der Waals surface area contributed by atoms with Crippen LogP contribution in [0.25, 0.3) is 11.6 Å². The highest BCUT2D eigenvalue weighted by Gasteiger charge is 2.16. The normalized spacial score (nSPS) is 10.3. The minimum Gasteiger partial charge on any atom is -0.448 e. The molecule has 0 spiro atoms. The Balaban J connectivity index is 2.36. The van der Waals surface area contributed by atoms with Crippen LogP contribution < -0.4 is 5.76 Å². The highest BCUT2D eigenvalue weighted by Crippen LogP contribution is 2.11. The fourth-order valence-corrected chi connectivity index (χ4v) is 1.15. The van der Waals surface area contributed by atoms with E-state index in [4.69, 9.17) is 4.42 Å². The zero-order chi connectivity index (χ0) is 11.5. The van der Waals surface area contributed by atoms with Crippen LogP contribution in [-0.4, -0.2) is 27.5 Å². The van der Waals surface area contributed by atoms with E-state index in [2.05, 4.69) is 14.8 Å². The van der Waals surface area contributed by atoms with Crippen molar-refractivity contribution < 1.29 is 13.9 Å². The van der Waals surface area contributed by atoms with Gasteiger partial charge in [-0.05, 0) is 19.1 Å². The second-order valence-corrected chi connectivity index (χ2v) is 2.87. The number of rotatable bonds is 2. The standard InChI is InChI=1S/C9H9N3O4/c1-2-15-8(13)12-9(14)16-7(11-12)6-4-3-5-10-6/h3-5,10H,2H2,1H3. The van der Waals surface area contributed by atoms with Gasteiger partial charge in [0.1, 0.15) is 5.69 Å². The van der Waals surface area contributed by atoms with Gasteiger partial charge in [-0.15, -0.1) is 5.10 Å². The molecule has 84 valence electrons. The molecule has 0 amide bonds. The van der Waals surface area contributed by atoms with Gasteiger partial charge in [-0.2, -0.15) is 0 Å². The summed E-state index contributed by atoms with van der Waals surface area (Å²) < 4.78 is 9.96. The van der Waals surface area contributed by atoms with E-state index >= 15 is 0 Å². The van der Waals surface area contributed by atoms with E-state index in [1.165, 1.54) is 0 Å². The van der Waals surface area contributed by atoms with Crippen LogP contribution in [0.5, 0.6) is 0 Å². The van der Waals surface area contributed by atoms with Crippen LogP contribution in [0.4, 0.5) is 4.79 Å². The molecule has 2 aromatic rings. The van der Waals surface area contributed by atoms with E-state index in [9.17, 15) is 9.59 Å². The zero-order valence-electron chi connectivity index (χ0n) is 8.47. The van der Waals surface area contributed by atoms with E-state index in [1.807, 2.05) is 0 Å². The Morgan fingerprint density at radius 3 is 3.12 bits per heavy atom. The predicted octanol–water partition coefficient (Wildman–Crippen LogP) is 0.836. The van der Waals surface area contributed by atoms with Gasteiger partial charge in [0.15, 0.2) is 0 Å². The third kappa shape index (κ3) is 1.74. The van der Waals surface area contributed by atoms with E-state index in [-0.39, 0.29) is 12.5 Å². The number of hydrogen-bond donors (Lipinski definition) is 1. The molecule has 0 fully saturated rings. The monoisotopic (exact) mass is 223 g/mol. The summed E-state index contributed by atoms with van der Waals surface area (Å²) in [4.78, 5) is 25.3. The molecule has 0 aliphatic carbocycles. The second kappa shape index (κ2) is 4.05. The predicted molar refractivity (Wildman–Crippen MR) is 53.0 cm³/mol. The molecule has 2 heterocycles. The van der Waals surface area contributed by atoms with Gasteiger partial charge in [0.2, 0.25) is 0 Å². The lowest BCUT2D eigenvalue weighted by Crippen LogP contribution is -2.25. The molecule has 7 nitrogen and oxygen atoms in total. The summed E-state index contributed by atoms with van der Waals surface area (Å²) in [7, 11) is 0. The number of H-pyrrole nitrogens is 1. The van der Waals surface area contributed by atoms with Gasteiger partial charge < -0.3 is 14.1 Å². The van der Waals surface area contributed by atoms with Crippen LogP contribution in [0.15, 0.2) is 27.5 Å². The van der Waals surface area contributed by atoms with Crippen LogP contribution in [-0.2, 0) is 4.74 Å². The third-order valence-corrected chi connectivity index (χ3v) is 1.82. The lowest BCUT2D eigenvalue weighted by atomic mass is 10.4. The molecule has 1 N–H and O–H groups in total. The molecular formula is C9H9N3O4. The molecule has 16 heavy (non-hydrogen) atoms. The molecule has 0 unspecified atom stereocenters. The number of nitrogens with one attached hydrogen (secondary N) is 1. The maximum atomic E-state index is 11.3. The average molecular weight is 223 g/mol. The highest BCUT2D eigenvalue weighted by molar-refractivity contribution is 5.69. The number of carbonyl (C=O) groups excluding carboxylic acids is 1. The van der Waals surface area contributed by atoms with Crippen molar-refractivity contribution in [3.8, 4) is 11.6 Å². The molecule has 2 aromatic heterocycles. The summed E-state index contributed by atoms with van der Waals surface area (Å²) in [6.07, 6.45) is 0.799. The van der Waals surface area contributed by atoms with E-state index in [1.54, 1.807) is 25.3 Å². The molecule has 0 aliphatic rings. The highest BCUT2D eigenvalue weighted by atomic mass is 16.6. The Morgan fingerprint density at radius 1 is 1.69 bits per heavy atom. The summed E-state index contributed by atoms with van der Waals surface area (Å²) in [5, 5.41) is 3.70. The van der Waals surface area contributed by atoms with Crippen molar-refractivity contribution in [2.75, 3.05) is 6.61 Å². The van der Waals surface area contributed by atoms with Crippen LogP contribution >= 0.6 is 0 Å². The Labute approximate surface area is 89.6 Å². The third-order valence-electron chi connectivity index (χ3n) is 1.82. The number of aromatic amines is 1. The molecule has 0 atom stereocenters. The quantitative estimate of drug-likeness (QED) is 0.814. The molecule has 0 saturated heterocycles. The molecule has 2 rings (SSSR count). The number of aromatic nitrogens is 3. The van der Waals surface area contributed by atoms with Gasteiger partial charge in [0.25, 0.3) is 5.89 Å². The number of hydrogen-bond acceptors (Lipinski definition) is 5. The van der Waals surface area contributed by atoms with E-state index in [0.29, 0.717) is 10.4 Å². The fourth-order valence-electron chi connectivity index (χ4n) is 1.15. The summed E-state index contributed by atoms with van der Waals surface area (Å²) in [5.74, 6) is -0.828. The van der Waals surface area contributed by atoms with Gasteiger partial charge in [-0.3, -0.25) is 0 Å². The van der Waals surface area contributed by atoms with E-state index in [0.717, 1.165) is 0 Å². The summed E-state index contributed by atoms with van der Waals surface area (Å²) >= 11 is 0. The first-order chi connectivity index (χ1) is 7.72. The largest absolute Gasteiger partial charge is 0.448 e. The van der Waals surface area contributed by atoms with Crippen molar-refractivity contribution in [1.82, 2.24) is 14.8 Å². The Kier molecular flexibility index (Phi) is 2.59. The van der Waals surface area contributed by atoms with E-state index < -0.39 is 11.8 Å². The first-order valence-electron chi connectivity index (χ1n) is 4.63. The van der Waals surface area contributed by atoms with Crippen molar-refractivity contribution in [1.29, 1.82) is 0 Å². The lowest BCUT2D eigenvalue weighted by Gasteiger charge is -1.96. The Morgan fingerprint density at radius 2 is 2.50 bits per heavy atom. The molecule has 0 radical (unpaired) electrons. The van der Waals surface area contributed by atoms with Crippen molar-refractivity contribution in [3.63, 3.8) is 0 Å². The van der Waals surface area contributed by atoms with Crippen molar-refractivity contribution in [3.05, 3.63) is 28.9 Å². The first-order valence-corrected chi connectivity index (χ1v) is 4.63. The Hall–Kier alpha value is -2.31. The van der Waals surface area contributed by atoms with Gasteiger partial charge in [-0.1, -0.05) is 4.68 Å². The van der Waals surface area contributed by atoms with Crippen LogP contribution in [0.1, 0.15) is 6.92 Å². The van der Waals surface area contributed by atoms with Crippen LogP contribution in [0, 0.1) is 0 Å². The zero-order valence-corrected chi connectivity index (χ0v) is 8.47. The minimum atomic E-state index is -0.872. The average Bonchev–Trinajstić information content (AvgIpc) is 2.86. The number of ether oxygens (including phenoxy) is 1. The maximum Gasteiger partial charge on any atom is 0.447 e. The summed E-state index contributed by atoms with van der Waals surface area (Å²) in [6, 6.07) is 3.39. The van der Waals surface area contributed by atoms with Gasteiger partial charge in [0.05, 0.1) is 6.61 Å². The molecular weight excluding hydrogens is 214 g/mol. The SMILES string of the molecule is CCOC(=O)n1nc(-c2ccc[nH]2)oc1=O. The molecule has 0 aromatic carbocycles. The van der Waals surface area contributed by atoms with Crippen LogP contribution in [0.2, 0.25) is 0 Å².